The summed E-state index contributed by atoms with van der Waals surface area (Å²) < 4.78 is 0. The number of rotatable bonds is 4. The largest absolute Gasteiger partial charge is 0.349 e. The number of nitro groups is 1. The number of carbonyl (C=O) groups excluding carboxylic acids is 1. The topological polar surface area (TPSA) is 72.2 Å². The second kappa shape index (κ2) is 6.89. The van der Waals surface area contributed by atoms with Gasteiger partial charge < -0.3 is 5.32 Å². The zero-order valence-electron chi connectivity index (χ0n) is 12.0. The maximum absolute atomic E-state index is 12.4. The van der Waals surface area contributed by atoms with E-state index < -0.39 is 4.92 Å². The molecule has 2 unspecified atom stereocenters. The first kappa shape index (κ1) is 15.8. The highest BCUT2D eigenvalue weighted by Crippen LogP contribution is 2.27. The highest BCUT2D eigenvalue weighted by molar-refractivity contribution is 6.18. The summed E-state index contributed by atoms with van der Waals surface area (Å²) in [4.78, 5) is 22.9. The molecule has 1 fully saturated rings. The van der Waals surface area contributed by atoms with Gasteiger partial charge in [0.2, 0.25) is 0 Å². The van der Waals surface area contributed by atoms with E-state index in [1.807, 2.05) is 6.92 Å². The molecular weight excluding hydrogens is 292 g/mol. The van der Waals surface area contributed by atoms with Crippen molar-refractivity contribution >= 4 is 23.2 Å². The van der Waals surface area contributed by atoms with Crippen LogP contribution in [0.5, 0.6) is 0 Å². The predicted octanol–water partition coefficient (Wildman–Crippen LogP) is 3.43. The Morgan fingerprint density at radius 1 is 1.43 bits per heavy atom. The second-order valence-corrected chi connectivity index (χ2v) is 5.87. The van der Waals surface area contributed by atoms with Gasteiger partial charge in [-0.05, 0) is 37.3 Å². The van der Waals surface area contributed by atoms with Crippen LogP contribution in [0.4, 0.5) is 5.69 Å². The second-order valence-electron chi connectivity index (χ2n) is 5.56. The number of nitrogens with one attached hydrogen (secondary N) is 1. The SMILES string of the molecule is Cc1ccc([N+](=O)[O-])c(C(=O)NC2CCCCC2CCl)c1. The number of amides is 1. The van der Waals surface area contributed by atoms with E-state index >= 15 is 0 Å². The Balaban J connectivity index is 2.19. The summed E-state index contributed by atoms with van der Waals surface area (Å²) in [5.74, 6) is 0.363. The Bertz CT molecular complexity index is 548. The molecule has 114 valence electrons. The van der Waals surface area contributed by atoms with Gasteiger partial charge in [0.25, 0.3) is 11.6 Å². The maximum atomic E-state index is 12.4. The van der Waals surface area contributed by atoms with Crippen molar-refractivity contribution in [2.75, 3.05) is 5.88 Å². The van der Waals surface area contributed by atoms with Crippen LogP contribution < -0.4 is 5.32 Å². The molecule has 0 heterocycles. The van der Waals surface area contributed by atoms with Gasteiger partial charge in [0.05, 0.1) is 4.92 Å². The lowest BCUT2D eigenvalue weighted by atomic mass is 9.85. The van der Waals surface area contributed by atoms with E-state index in [1.54, 1.807) is 12.1 Å². The number of halogens is 1. The number of hydrogen-bond acceptors (Lipinski definition) is 3. The van der Waals surface area contributed by atoms with Gasteiger partial charge in [-0.2, -0.15) is 0 Å². The molecule has 0 aromatic heterocycles. The summed E-state index contributed by atoms with van der Waals surface area (Å²) in [5.41, 5.74) is 0.790. The van der Waals surface area contributed by atoms with Crippen LogP contribution in [0, 0.1) is 23.0 Å². The average Bonchev–Trinajstić information content (AvgIpc) is 2.47. The number of aryl methyl sites for hydroxylation is 1. The van der Waals surface area contributed by atoms with Crippen LogP contribution in [-0.4, -0.2) is 22.8 Å². The van der Waals surface area contributed by atoms with E-state index in [0.29, 0.717) is 5.88 Å². The van der Waals surface area contributed by atoms with Crippen molar-refractivity contribution in [1.82, 2.24) is 5.32 Å². The molecule has 1 N–H and O–H groups in total. The minimum Gasteiger partial charge on any atom is -0.349 e. The molecular formula is C15H19ClN2O3. The fourth-order valence-corrected chi connectivity index (χ4v) is 3.19. The van der Waals surface area contributed by atoms with Gasteiger partial charge in [-0.1, -0.05) is 18.9 Å². The van der Waals surface area contributed by atoms with Crippen LogP contribution in [0.25, 0.3) is 0 Å². The molecule has 1 saturated carbocycles. The molecule has 2 rings (SSSR count). The minimum absolute atomic E-state index is 0.00358. The monoisotopic (exact) mass is 310 g/mol. The molecule has 1 aliphatic rings. The molecule has 2 atom stereocenters. The summed E-state index contributed by atoms with van der Waals surface area (Å²) in [5, 5.41) is 14.0. The smallest absolute Gasteiger partial charge is 0.282 e. The molecule has 5 nitrogen and oxygen atoms in total. The van der Waals surface area contributed by atoms with Crippen LogP contribution >= 0.6 is 11.6 Å². The maximum Gasteiger partial charge on any atom is 0.282 e. The third-order valence-electron chi connectivity index (χ3n) is 4.02. The lowest BCUT2D eigenvalue weighted by Crippen LogP contribution is -2.43. The third kappa shape index (κ3) is 3.73. The lowest BCUT2D eigenvalue weighted by Gasteiger charge is -2.30. The van der Waals surface area contributed by atoms with Crippen LogP contribution in [0.1, 0.15) is 41.6 Å². The van der Waals surface area contributed by atoms with Crippen molar-refractivity contribution in [3.05, 3.63) is 39.4 Å². The van der Waals surface area contributed by atoms with E-state index in [1.165, 1.54) is 6.07 Å². The van der Waals surface area contributed by atoms with Gasteiger partial charge in [-0.15, -0.1) is 11.6 Å². The first-order valence-corrected chi connectivity index (χ1v) is 7.68. The first-order chi connectivity index (χ1) is 10.0. The zero-order chi connectivity index (χ0) is 15.4. The predicted molar refractivity (Wildman–Crippen MR) is 81.8 cm³/mol. The Morgan fingerprint density at radius 2 is 2.14 bits per heavy atom. The molecule has 1 amide bonds. The van der Waals surface area contributed by atoms with Crippen LogP contribution in [-0.2, 0) is 0 Å². The molecule has 21 heavy (non-hydrogen) atoms. The van der Waals surface area contributed by atoms with E-state index in [4.69, 9.17) is 11.6 Å². The zero-order valence-corrected chi connectivity index (χ0v) is 12.7. The standard InChI is InChI=1S/C15H19ClN2O3/c1-10-6-7-14(18(20)21)12(8-10)15(19)17-13-5-3-2-4-11(13)9-16/h6-8,11,13H,2-5,9H2,1H3,(H,17,19). The van der Waals surface area contributed by atoms with Crippen LogP contribution in [0.15, 0.2) is 18.2 Å². The normalized spacial score (nSPS) is 21.8. The fraction of sp³-hybridized carbons (Fsp3) is 0.533. The molecule has 0 bridgehead atoms. The molecule has 1 aromatic carbocycles. The summed E-state index contributed by atoms with van der Waals surface area (Å²) >= 11 is 5.95. The number of nitrogens with zero attached hydrogens (tertiary/aromatic N) is 1. The van der Waals surface area contributed by atoms with E-state index in [-0.39, 0.29) is 29.1 Å². The number of benzene rings is 1. The molecule has 0 radical (unpaired) electrons. The number of alkyl halides is 1. The Hall–Kier alpha value is -1.62. The van der Waals surface area contributed by atoms with Crippen molar-refractivity contribution in [2.24, 2.45) is 5.92 Å². The fourth-order valence-electron chi connectivity index (χ4n) is 2.82. The summed E-state index contributed by atoms with van der Waals surface area (Å²) in [7, 11) is 0. The summed E-state index contributed by atoms with van der Waals surface area (Å²) in [6.45, 7) is 1.81. The van der Waals surface area contributed by atoms with E-state index in [0.717, 1.165) is 31.2 Å². The Labute approximate surface area is 128 Å². The van der Waals surface area contributed by atoms with Gasteiger partial charge in [0.1, 0.15) is 5.56 Å². The van der Waals surface area contributed by atoms with Gasteiger partial charge in [0.15, 0.2) is 0 Å². The van der Waals surface area contributed by atoms with Gasteiger partial charge in [0, 0.05) is 18.0 Å². The molecule has 0 saturated heterocycles. The summed E-state index contributed by atoms with van der Waals surface area (Å²) in [6.07, 6.45) is 4.04. The van der Waals surface area contributed by atoms with Crippen molar-refractivity contribution in [1.29, 1.82) is 0 Å². The third-order valence-corrected chi connectivity index (χ3v) is 4.41. The molecule has 6 heteroatoms. The Morgan fingerprint density at radius 3 is 2.81 bits per heavy atom. The number of hydrogen-bond donors (Lipinski definition) is 1. The number of carbonyl (C=O) groups is 1. The molecule has 0 spiro atoms. The van der Waals surface area contributed by atoms with Gasteiger partial charge >= 0.3 is 0 Å². The van der Waals surface area contributed by atoms with E-state index in [2.05, 4.69) is 5.32 Å². The van der Waals surface area contributed by atoms with Crippen molar-refractivity contribution in [3.63, 3.8) is 0 Å². The van der Waals surface area contributed by atoms with Crippen LogP contribution in [0.2, 0.25) is 0 Å². The average molecular weight is 311 g/mol. The van der Waals surface area contributed by atoms with Crippen molar-refractivity contribution < 1.29 is 9.72 Å². The van der Waals surface area contributed by atoms with E-state index in [9.17, 15) is 14.9 Å². The lowest BCUT2D eigenvalue weighted by molar-refractivity contribution is -0.385. The molecule has 0 aliphatic heterocycles. The summed E-state index contributed by atoms with van der Waals surface area (Å²) in [6, 6.07) is 4.58. The van der Waals surface area contributed by atoms with Gasteiger partial charge in [-0.25, -0.2) is 0 Å². The quantitative estimate of drug-likeness (QED) is 0.526. The Kier molecular flexibility index (Phi) is 5.17. The van der Waals surface area contributed by atoms with Crippen molar-refractivity contribution in [2.45, 2.75) is 38.6 Å². The highest BCUT2D eigenvalue weighted by atomic mass is 35.5. The molecule has 1 aromatic rings. The highest BCUT2D eigenvalue weighted by Gasteiger charge is 2.28. The minimum atomic E-state index is -0.520. The van der Waals surface area contributed by atoms with Crippen LogP contribution in [0.3, 0.4) is 0 Å². The molecule has 1 aliphatic carbocycles. The van der Waals surface area contributed by atoms with Crippen molar-refractivity contribution in [3.8, 4) is 0 Å². The van der Waals surface area contributed by atoms with Gasteiger partial charge in [-0.3, -0.25) is 14.9 Å². The number of nitro benzene ring substituents is 1. The first-order valence-electron chi connectivity index (χ1n) is 7.14.